The third-order valence-electron chi connectivity index (χ3n) is 6.19. The van der Waals surface area contributed by atoms with Crippen molar-refractivity contribution in [2.45, 2.75) is 45.1 Å². The number of aliphatic imine (C=N–C) groups is 1. The predicted molar refractivity (Wildman–Crippen MR) is 137 cm³/mol. The number of carbonyl (C=O) groups is 1. The van der Waals surface area contributed by atoms with E-state index < -0.39 is 0 Å². The second-order valence-electron chi connectivity index (χ2n) is 8.91. The minimum Gasteiger partial charge on any atom is -0.376 e. The van der Waals surface area contributed by atoms with Crippen LogP contribution in [0.5, 0.6) is 0 Å². The average molecular weight is 543 g/mol. The lowest BCUT2D eigenvalue weighted by molar-refractivity contribution is -0.127. The van der Waals surface area contributed by atoms with E-state index in [1.165, 1.54) is 37.7 Å². The van der Waals surface area contributed by atoms with Gasteiger partial charge in [0, 0.05) is 39.6 Å². The molecular formula is C24H39IN4O2. The first-order valence-corrected chi connectivity index (χ1v) is 11.5. The number of hydrogen-bond donors (Lipinski definition) is 1. The number of halogens is 1. The molecule has 1 atom stereocenters. The van der Waals surface area contributed by atoms with Crippen LogP contribution in [0.1, 0.15) is 44.1 Å². The number of likely N-dealkylation sites (tertiary alicyclic amines) is 1. The third-order valence-corrected chi connectivity index (χ3v) is 6.19. The largest absolute Gasteiger partial charge is 0.376 e. The first-order valence-electron chi connectivity index (χ1n) is 11.5. The summed E-state index contributed by atoms with van der Waals surface area (Å²) in [6, 6.07) is 10.3. The molecule has 1 N–H and O–H groups in total. The summed E-state index contributed by atoms with van der Waals surface area (Å²) in [6.07, 6.45) is 7.73. The molecule has 0 aromatic heterocycles. The van der Waals surface area contributed by atoms with Gasteiger partial charge in [0.25, 0.3) is 0 Å². The molecule has 174 valence electrons. The van der Waals surface area contributed by atoms with Crippen molar-refractivity contribution < 1.29 is 9.53 Å². The van der Waals surface area contributed by atoms with Crippen LogP contribution >= 0.6 is 24.0 Å². The van der Waals surface area contributed by atoms with E-state index in [0.717, 1.165) is 44.5 Å². The fraction of sp³-hybridized carbons (Fsp3) is 0.667. The summed E-state index contributed by atoms with van der Waals surface area (Å²) in [7, 11) is 3.56. The quantitative estimate of drug-likeness (QED) is 0.309. The van der Waals surface area contributed by atoms with Gasteiger partial charge in [0.05, 0.1) is 13.2 Å². The molecule has 7 heteroatoms. The summed E-state index contributed by atoms with van der Waals surface area (Å²) in [5.74, 6) is 2.15. The van der Waals surface area contributed by atoms with E-state index in [4.69, 9.17) is 4.74 Å². The molecule has 6 nitrogen and oxygen atoms in total. The van der Waals surface area contributed by atoms with Gasteiger partial charge >= 0.3 is 0 Å². The van der Waals surface area contributed by atoms with E-state index in [0.29, 0.717) is 12.5 Å². The summed E-state index contributed by atoms with van der Waals surface area (Å²) >= 11 is 0. The number of amides is 1. The van der Waals surface area contributed by atoms with Gasteiger partial charge in [0.15, 0.2) is 5.96 Å². The van der Waals surface area contributed by atoms with Crippen molar-refractivity contribution in [3.63, 3.8) is 0 Å². The Morgan fingerprint density at radius 1 is 1.13 bits per heavy atom. The van der Waals surface area contributed by atoms with E-state index in [1.807, 2.05) is 18.2 Å². The SMILES string of the molecule is CN(C)C(=O)CN=C(NCC1CCCCC1)N1CCC(COCc2ccccc2)C1.I. The lowest BCUT2D eigenvalue weighted by atomic mass is 9.89. The van der Waals surface area contributed by atoms with E-state index in [1.54, 1.807) is 19.0 Å². The van der Waals surface area contributed by atoms with Crippen LogP contribution in [0.3, 0.4) is 0 Å². The van der Waals surface area contributed by atoms with E-state index in [-0.39, 0.29) is 36.4 Å². The molecule has 1 aliphatic heterocycles. The predicted octanol–water partition coefficient (Wildman–Crippen LogP) is 3.76. The first-order chi connectivity index (χ1) is 14.6. The van der Waals surface area contributed by atoms with Crippen molar-refractivity contribution in [3.8, 4) is 0 Å². The molecule has 1 saturated heterocycles. The summed E-state index contributed by atoms with van der Waals surface area (Å²) in [5.41, 5.74) is 1.21. The van der Waals surface area contributed by atoms with E-state index in [9.17, 15) is 4.79 Å². The molecule has 1 heterocycles. The molecule has 2 fully saturated rings. The molecule has 1 aromatic carbocycles. The van der Waals surface area contributed by atoms with Gasteiger partial charge in [0.2, 0.25) is 5.91 Å². The zero-order valence-electron chi connectivity index (χ0n) is 19.1. The molecule has 0 spiro atoms. The number of likely N-dealkylation sites (N-methyl/N-ethyl adjacent to an activating group) is 1. The monoisotopic (exact) mass is 542 g/mol. The lowest BCUT2D eigenvalue weighted by Gasteiger charge is -2.27. The Morgan fingerprint density at radius 3 is 2.58 bits per heavy atom. The standard InChI is InChI=1S/C24H38N4O2.HI/c1-27(2)23(29)16-26-24(25-15-20-9-5-3-6-10-20)28-14-13-22(17-28)19-30-18-21-11-7-4-8-12-21;/h4,7-8,11-12,20,22H,3,5-6,9-10,13-19H2,1-2H3,(H,25,26);1H. The van der Waals surface area contributed by atoms with Gasteiger partial charge in [-0.3, -0.25) is 4.79 Å². The summed E-state index contributed by atoms with van der Waals surface area (Å²) < 4.78 is 5.97. The van der Waals surface area contributed by atoms with Gasteiger partial charge in [-0.1, -0.05) is 49.6 Å². The molecule has 1 aromatic rings. The highest BCUT2D eigenvalue weighted by molar-refractivity contribution is 14.0. The van der Waals surface area contributed by atoms with Crippen molar-refractivity contribution in [1.82, 2.24) is 15.1 Å². The average Bonchev–Trinajstić information content (AvgIpc) is 3.23. The number of benzene rings is 1. The summed E-state index contributed by atoms with van der Waals surface area (Å²) in [5, 5.41) is 3.59. The normalized spacial score (nSPS) is 19.7. The maximum atomic E-state index is 12.1. The van der Waals surface area contributed by atoms with Crippen molar-refractivity contribution in [3.05, 3.63) is 35.9 Å². The molecule has 31 heavy (non-hydrogen) atoms. The maximum Gasteiger partial charge on any atom is 0.243 e. The number of hydrogen-bond acceptors (Lipinski definition) is 3. The topological polar surface area (TPSA) is 57.2 Å². The highest BCUT2D eigenvalue weighted by Gasteiger charge is 2.26. The highest BCUT2D eigenvalue weighted by Crippen LogP contribution is 2.23. The molecule has 2 aliphatic rings. The zero-order chi connectivity index (χ0) is 21.2. The van der Waals surface area contributed by atoms with Crippen molar-refractivity contribution in [1.29, 1.82) is 0 Å². The van der Waals surface area contributed by atoms with Gasteiger partial charge in [-0.2, -0.15) is 0 Å². The third kappa shape index (κ3) is 8.96. The molecule has 1 aliphatic carbocycles. The van der Waals surface area contributed by atoms with Crippen LogP contribution in [0.2, 0.25) is 0 Å². The number of nitrogens with zero attached hydrogens (tertiary/aromatic N) is 3. The molecule has 3 rings (SSSR count). The van der Waals surface area contributed by atoms with Crippen molar-refractivity contribution in [2.75, 3.05) is 46.9 Å². The molecule has 1 saturated carbocycles. The Bertz CT molecular complexity index is 677. The first kappa shape index (κ1) is 25.9. The van der Waals surface area contributed by atoms with Crippen LogP contribution < -0.4 is 5.32 Å². The minimum absolute atomic E-state index is 0. The minimum atomic E-state index is 0. The number of ether oxygens (including phenoxy) is 1. The molecule has 0 radical (unpaired) electrons. The number of guanidine groups is 1. The van der Waals surface area contributed by atoms with Crippen LogP contribution in [0.15, 0.2) is 35.3 Å². The van der Waals surface area contributed by atoms with Crippen LogP contribution in [-0.2, 0) is 16.1 Å². The Balaban J connectivity index is 0.00000341. The fourth-order valence-electron chi connectivity index (χ4n) is 4.26. The van der Waals surface area contributed by atoms with E-state index >= 15 is 0 Å². The van der Waals surface area contributed by atoms with E-state index in [2.05, 4.69) is 27.3 Å². The fourth-order valence-corrected chi connectivity index (χ4v) is 4.26. The Labute approximate surface area is 204 Å². The van der Waals surface area contributed by atoms with Crippen LogP contribution in [0, 0.1) is 11.8 Å². The van der Waals surface area contributed by atoms with Gasteiger partial charge in [-0.25, -0.2) is 4.99 Å². The molecular weight excluding hydrogens is 503 g/mol. The maximum absolute atomic E-state index is 12.1. The van der Waals surface area contributed by atoms with Crippen molar-refractivity contribution >= 4 is 35.8 Å². The number of carbonyl (C=O) groups excluding carboxylic acids is 1. The molecule has 0 bridgehead atoms. The second-order valence-corrected chi connectivity index (χ2v) is 8.91. The number of rotatable bonds is 8. The second kappa shape index (κ2) is 13.9. The van der Waals surface area contributed by atoms with Crippen molar-refractivity contribution in [2.24, 2.45) is 16.8 Å². The zero-order valence-corrected chi connectivity index (χ0v) is 21.4. The smallest absolute Gasteiger partial charge is 0.243 e. The van der Waals surface area contributed by atoms with Crippen LogP contribution in [0.4, 0.5) is 0 Å². The lowest BCUT2D eigenvalue weighted by Crippen LogP contribution is -2.43. The summed E-state index contributed by atoms with van der Waals surface area (Å²) in [6.45, 7) is 4.48. The van der Waals surface area contributed by atoms with Crippen LogP contribution in [-0.4, -0.2) is 68.5 Å². The Kier molecular flexibility index (Phi) is 11.6. The Hall–Kier alpha value is -1.35. The van der Waals surface area contributed by atoms with Gasteiger partial charge in [0.1, 0.15) is 6.54 Å². The van der Waals surface area contributed by atoms with Crippen LogP contribution in [0.25, 0.3) is 0 Å². The number of nitrogens with one attached hydrogen (secondary N) is 1. The van der Waals surface area contributed by atoms with Gasteiger partial charge in [-0.05, 0) is 30.7 Å². The highest BCUT2D eigenvalue weighted by atomic mass is 127. The molecule has 1 amide bonds. The Morgan fingerprint density at radius 2 is 1.87 bits per heavy atom. The molecule has 1 unspecified atom stereocenters. The summed E-state index contributed by atoms with van der Waals surface area (Å²) in [4.78, 5) is 20.6. The van der Waals surface area contributed by atoms with Gasteiger partial charge < -0.3 is 19.9 Å². The van der Waals surface area contributed by atoms with Gasteiger partial charge in [-0.15, -0.1) is 24.0 Å².